The van der Waals surface area contributed by atoms with Crippen LogP contribution in [0.2, 0.25) is 5.02 Å². The number of carbonyl (C=O) groups is 2. The van der Waals surface area contributed by atoms with E-state index in [0.29, 0.717) is 29.1 Å². The van der Waals surface area contributed by atoms with Crippen LogP contribution in [0.1, 0.15) is 44.7 Å². The molecule has 214 valence electrons. The molecule has 0 aliphatic carbocycles. The van der Waals surface area contributed by atoms with Gasteiger partial charge in [0.2, 0.25) is 11.8 Å². The van der Waals surface area contributed by atoms with Gasteiger partial charge in [0.1, 0.15) is 12.6 Å². The van der Waals surface area contributed by atoms with Crippen molar-refractivity contribution >= 4 is 39.1 Å². The lowest BCUT2D eigenvalue weighted by molar-refractivity contribution is -0.139. The Kier molecular flexibility index (Phi) is 11.2. The predicted octanol–water partition coefficient (Wildman–Crippen LogP) is 5.61. The lowest BCUT2D eigenvalue weighted by Gasteiger charge is -2.34. The summed E-state index contributed by atoms with van der Waals surface area (Å²) in [4.78, 5) is 29.0. The van der Waals surface area contributed by atoms with Gasteiger partial charge in [-0.3, -0.25) is 13.9 Å². The van der Waals surface area contributed by atoms with E-state index < -0.39 is 28.5 Å². The van der Waals surface area contributed by atoms with Crippen molar-refractivity contribution in [2.45, 2.75) is 63.9 Å². The van der Waals surface area contributed by atoms with Crippen LogP contribution >= 0.6 is 11.6 Å². The van der Waals surface area contributed by atoms with Gasteiger partial charge >= 0.3 is 0 Å². The predicted molar refractivity (Wildman–Crippen MR) is 161 cm³/mol. The lowest BCUT2D eigenvalue weighted by atomic mass is 10.1. The molecule has 0 bridgehead atoms. The number of hydrogen-bond donors (Lipinski definition) is 1. The van der Waals surface area contributed by atoms with Crippen LogP contribution in [0, 0.1) is 6.92 Å². The summed E-state index contributed by atoms with van der Waals surface area (Å²) >= 11 is 6.17. The third kappa shape index (κ3) is 7.86. The molecule has 3 aromatic carbocycles. The monoisotopic (exact) mass is 583 g/mol. The fourth-order valence-corrected chi connectivity index (χ4v) is 6.20. The Morgan fingerprint density at radius 3 is 2.12 bits per heavy atom. The third-order valence-corrected chi connectivity index (χ3v) is 8.92. The first-order valence-corrected chi connectivity index (χ1v) is 15.4. The standard InChI is InChI=1S/C31H38ClN3O4S/c1-5-24(4)33-31(37)28(6-2)34(20-19-25-13-9-7-10-14-25)30(36)22-35(29-18-17-26(32)21-23(29)3)40(38,39)27-15-11-8-12-16-27/h7-18,21,24,28H,5-6,19-20,22H2,1-4H3,(H,33,37)/t24-,28-/m0/s1. The molecule has 0 aliphatic rings. The largest absolute Gasteiger partial charge is 0.352 e. The molecule has 2 amide bonds. The minimum atomic E-state index is -4.12. The van der Waals surface area contributed by atoms with E-state index in [1.165, 1.54) is 17.0 Å². The van der Waals surface area contributed by atoms with Crippen LogP contribution in [0.25, 0.3) is 0 Å². The van der Waals surface area contributed by atoms with Crippen molar-refractivity contribution in [2.75, 3.05) is 17.4 Å². The second kappa shape index (κ2) is 14.3. The summed E-state index contributed by atoms with van der Waals surface area (Å²) in [5, 5.41) is 3.45. The Hall–Kier alpha value is -3.36. The van der Waals surface area contributed by atoms with Crippen LogP contribution < -0.4 is 9.62 Å². The van der Waals surface area contributed by atoms with Gasteiger partial charge in [-0.25, -0.2) is 8.42 Å². The zero-order chi connectivity index (χ0) is 29.3. The number of anilines is 1. The molecule has 3 aromatic rings. The molecule has 0 unspecified atom stereocenters. The van der Waals surface area contributed by atoms with Gasteiger partial charge in [0, 0.05) is 17.6 Å². The number of benzene rings is 3. The molecule has 0 saturated heterocycles. The molecule has 9 heteroatoms. The second-order valence-corrected chi connectivity index (χ2v) is 12.1. The molecule has 2 atom stereocenters. The number of carbonyl (C=O) groups excluding carboxylic acids is 2. The van der Waals surface area contributed by atoms with Crippen LogP contribution in [0.15, 0.2) is 83.8 Å². The van der Waals surface area contributed by atoms with Crippen LogP contribution in [-0.2, 0) is 26.0 Å². The van der Waals surface area contributed by atoms with Crippen molar-refractivity contribution in [3.8, 4) is 0 Å². The second-order valence-electron chi connectivity index (χ2n) is 9.82. The van der Waals surface area contributed by atoms with Gasteiger partial charge in [-0.2, -0.15) is 0 Å². The van der Waals surface area contributed by atoms with Gasteiger partial charge in [-0.1, -0.05) is 74.0 Å². The first-order chi connectivity index (χ1) is 19.1. The molecular formula is C31H38ClN3O4S. The van der Waals surface area contributed by atoms with E-state index >= 15 is 0 Å². The van der Waals surface area contributed by atoms with Gasteiger partial charge in [0.25, 0.3) is 10.0 Å². The quantitative estimate of drug-likeness (QED) is 0.283. The molecule has 0 heterocycles. The number of rotatable bonds is 13. The Morgan fingerprint density at radius 2 is 1.55 bits per heavy atom. The normalized spacial score (nSPS) is 12.8. The minimum absolute atomic E-state index is 0.0562. The molecule has 1 N–H and O–H groups in total. The molecule has 40 heavy (non-hydrogen) atoms. The molecule has 7 nitrogen and oxygen atoms in total. The first kappa shape index (κ1) is 31.2. The van der Waals surface area contributed by atoms with Crippen molar-refractivity contribution in [1.82, 2.24) is 10.2 Å². The van der Waals surface area contributed by atoms with E-state index in [-0.39, 0.29) is 23.4 Å². The number of nitrogens with one attached hydrogen (secondary N) is 1. The van der Waals surface area contributed by atoms with Crippen LogP contribution in [0.5, 0.6) is 0 Å². The summed E-state index contributed by atoms with van der Waals surface area (Å²) in [5.41, 5.74) is 1.97. The summed E-state index contributed by atoms with van der Waals surface area (Å²) in [6.07, 6.45) is 1.65. The van der Waals surface area contributed by atoms with Crippen molar-refractivity contribution in [2.24, 2.45) is 0 Å². The number of sulfonamides is 1. The topological polar surface area (TPSA) is 86.8 Å². The van der Waals surface area contributed by atoms with Crippen molar-refractivity contribution in [3.63, 3.8) is 0 Å². The maximum atomic E-state index is 14.1. The zero-order valence-electron chi connectivity index (χ0n) is 23.5. The van der Waals surface area contributed by atoms with E-state index in [2.05, 4.69) is 5.32 Å². The van der Waals surface area contributed by atoms with Crippen molar-refractivity contribution in [1.29, 1.82) is 0 Å². The summed E-state index contributed by atoms with van der Waals surface area (Å²) in [6, 6.07) is 21.8. The third-order valence-electron chi connectivity index (χ3n) is 6.91. The number of aryl methyl sites for hydroxylation is 1. The summed E-state index contributed by atoms with van der Waals surface area (Å²) < 4.78 is 28.9. The summed E-state index contributed by atoms with van der Waals surface area (Å²) in [5.74, 6) is -0.714. The summed E-state index contributed by atoms with van der Waals surface area (Å²) in [7, 11) is -4.12. The Balaban J connectivity index is 2.03. The van der Waals surface area contributed by atoms with Gasteiger partial charge in [-0.15, -0.1) is 0 Å². The molecule has 0 fully saturated rings. The molecule has 0 spiro atoms. The van der Waals surface area contributed by atoms with E-state index in [1.807, 2.05) is 51.1 Å². The number of hydrogen-bond acceptors (Lipinski definition) is 4. The highest BCUT2D eigenvalue weighted by atomic mass is 35.5. The number of halogens is 1. The highest BCUT2D eigenvalue weighted by Crippen LogP contribution is 2.29. The van der Waals surface area contributed by atoms with E-state index in [1.54, 1.807) is 43.3 Å². The van der Waals surface area contributed by atoms with Crippen LogP contribution in [0.3, 0.4) is 0 Å². The van der Waals surface area contributed by atoms with Crippen molar-refractivity contribution < 1.29 is 18.0 Å². The van der Waals surface area contributed by atoms with Gasteiger partial charge in [-0.05, 0) is 74.6 Å². The molecule has 0 aliphatic heterocycles. The molecule has 0 radical (unpaired) electrons. The molecular weight excluding hydrogens is 546 g/mol. The summed E-state index contributed by atoms with van der Waals surface area (Å²) in [6.45, 7) is 7.28. The number of amides is 2. The van der Waals surface area contributed by atoms with Crippen LogP contribution in [0.4, 0.5) is 5.69 Å². The van der Waals surface area contributed by atoms with Crippen molar-refractivity contribution in [3.05, 3.63) is 95.0 Å². The highest BCUT2D eigenvalue weighted by Gasteiger charge is 2.34. The molecule has 0 saturated carbocycles. The fraction of sp³-hybridized carbons (Fsp3) is 0.355. The highest BCUT2D eigenvalue weighted by molar-refractivity contribution is 7.92. The van der Waals surface area contributed by atoms with E-state index in [0.717, 1.165) is 16.3 Å². The van der Waals surface area contributed by atoms with Gasteiger partial charge < -0.3 is 10.2 Å². The average Bonchev–Trinajstić information content (AvgIpc) is 2.95. The van der Waals surface area contributed by atoms with Gasteiger partial charge in [0.15, 0.2) is 0 Å². The maximum absolute atomic E-state index is 14.1. The Morgan fingerprint density at radius 1 is 0.925 bits per heavy atom. The maximum Gasteiger partial charge on any atom is 0.264 e. The molecule has 0 aromatic heterocycles. The van der Waals surface area contributed by atoms with Gasteiger partial charge in [0.05, 0.1) is 10.6 Å². The lowest BCUT2D eigenvalue weighted by Crippen LogP contribution is -2.54. The van der Waals surface area contributed by atoms with E-state index in [4.69, 9.17) is 11.6 Å². The smallest absolute Gasteiger partial charge is 0.264 e. The van der Waals surface area contributed by atoms with E-state index in [9.17, 15) is 18.0 Å². The zero-order valence-corrected chi connectivity index (χ0v) is 25.1. The van der Waals surface area contributed by atoms with Crippen LogP contribution in [-0.4, -0.2) is 50.3 Å². The molecule has 3 rings (SSSR count). The first-order valence-electron chi connectivity index (χ1n) is 13.6. The Bertz CT molecular complexity index is 1380. The Labute approximate surface area is 243 Å². The number of nitrogens with zero attached hydrogens (tertiary/aromatic N) is 2. The average molecular weight is 584 g/mol. The fourth-order valence-electron chi connectivity index (χ4n) is 4.47. The minimum Gasteiger partial charge on any atom is -0.352 e. The SMILES string of the molecule is CC[C@H](C)NC(=O)[C@H](CC)N(CCc1ccccc1)C(=O)CN(c1ccc(Cl)cc1C)S(=O)(=O)c1ccccc1.